The fourth-order valence-corrected chi connectivity index (χ4v) is 4.29. The molecule has 0 bridgehead atoms. The van der Waals surface area contributed by atoms with Gasteiger partial charge in [-0.15, -0.1) is 0 Å². The van der Waals surface area contributed by atoms with Crippen molar-refractivity contribution in [1.82, 2.24) is 4.31 Å². The number of ether oxygens (including phenoxy) is 1. The van der Waals surface area contributed by atoms with Crippen LogP contribution in [0.25, 0.3) is 10.8 Å². The molecule has 0 aliphatic rings. The molecule has 1 amide bonds. The third kappa shape index (κ3) is 5.28. The first-order valence-corrected chi connectivity index (χ1v) is 11.1. The van der Waals surface area contributed by atoms with Gasteiger partial charge in [0.25, 0.3) is 5.91 Å². The first-order chi connectivity index (χ1) is 14.7. The normalized spacial score (nSPS) is 11.5. The number of sulfonamides is 1. The second-order valence-electron chi connectivity index (χ2n) is 7.29. The number of fused-ring (bicyclic) bond motifs is 1. The van der Waals surface area contributed by atoms with E-state index >= 15 is 0 Å². The maximum absolute atomic E-state index is 12.4. The smallest absolute Gasteiger partial charge is 0.310 e. The molecule has 0 heterocycles. The summed E-state index contributed by atoms with van der Waals surface area (Å²) in [6.07, 6.45) is 0.0460. The third-order valence-electron chi connectivity index (χ3n) is 4.81. The first-order valence-electron chi connectivity index (χ1n) is 9.64. The van der Waals surface area contributed by atoms with Crippen LogP contribution in [0.3, 0.4) is 0 Å². The summed E-state index contributed by atoms with van der Waals surface area (Å²) < 4.78 is 31.1. The van der Waals surface area contributed by atoms with Crippen LogP contribution in [0.1, 0.15) is 11.1 Å². The van der Waals surface area contributed by atoms with E-state index in [-0.39, 0.29) is 11.3 Å². The molecule has 0 aromatic heterocycles. The number of carbonyl (C=O) groups is 2. The van der Waals surface area contributed by atoms with Gasteiger partial charge in [0.05, 0.1) is 11.3 Å². The summed E-state index contributed by atoms with van der Waals surface area (Å²) in [6, 6.07) is 18.0. The molecule has 0 unspecified atom stereocenters. The van der Waals surface area contributed by atoms with Crippen molar-refractivity contribution in [3.8, 4) is 0 Å². The van der Waals surface area contributed by atoms with E-state index in [1.165, 1.54) is 20.2 Å². The number of esters is 1. The van der Waals surface area contributed by atoms with Gasteiger partial charge in [0.2, 0.25) is 10.0 Å². The standard InChI is InChI=1S/C23H24N2O5S/c1-16-11-12-19(14-21(16)31(28,29)25(2)3)24-22(26)15-30-23(27)13-18-9-6-8-17-7-4-5-10-20(17)18/h4-12,14H,13,15H2,1-3H3,(H,24,26). The maximum Gasteiger partial charge on any atom is 0.310 e. The maximum atomic E-state index is 12.4. The Kier molecular flexibility index (Phi) is 6.72. The molecule has 162 valence electrons. The summed E-state index contributed by atoms with van der Waals surface area (Å²) in [5.74, 6) is -1.07. The third-order valence-corrected chi connectivity index (χ3v) is 6.77. The van der Waals surface area contributed by atoms with Crippen molar-refractivity contribution in [1.29, 1.82) is 0 Å². The fraction of sp³-hybridized carbons (Fsp3) is 0.217. The monoisotopic (exact) mass is 440 g/mol. The lowest BCUT2D eigenvalue weighted by atomic mass is 10.0. The molecule has 0 atom stereocenters. The number of carbonyl (C=O) groups excluding carboxylic acids is 2. The number of nitrogens with one attached hydrogen (secondary N) is 1. The van der Waals surface area contributed by atoms with Crippen molar-refractivity contribution in [2.45, 2.75) is 18.2 Å². The number of nitrogens with zero attached hydrogens (tertiary/aromatic N) is 1. The highest BCUT2D eigenvalue weighted by Gasteiger charge is 2.20. The minimum absolute atomic E-state index is 0.0460. The Morgan fingerprint density at radius 2 is 1.71 bits per heavy atom. The predicted molar refractivity (Wildman–Crippen MR) is 119 cm³/mol. The SMILES string of the molecule is Cc1ccc(NC(=O)COC(=O)Cc2cccc3ccccc23)cc1S(=O)(=O)N(C)C. The second-order valence-corrected chi connectivity index (χ2v) is 9.41. The van der Waals surface area contributed by atoms with Gasteiger partial charge in [0, 0.05) is 19.8 Å². The van der Waals surface area contributed by atoms with Gasteiger partial charge in [0.15, 0.2) is 6.61 Å². The predicted octanol–water partition coefficient (Wildman–Crippen LogP) is 3.12. The summed E-state index contributed by atoms with van der Waals surface area (Å²) in [6.45, 7) is 1.21. The molecule has 0 spiro atoms. The Hall–Kier alpha value is -3.23. The van der Waals surface area contributed by atoms with Crippen molar-refractivity contribution in [2.75, 3.05) is 26.0 Å². The van der Waals surface area contributed by atoms with E-state index in [1.54, 1.807) is 19.1 Å². The minimum atomic E-state index is -3.65. The molecular weight excluding hydrogens is 416 g/mol. The van der Waals surface area contributed by atoms with Crippen LogP contribution in [0.2, 0.25) is 0 Å². The van der Waals surface area contributed by atoms with Crippen LogP contribution in [0.15, 0.2) is 65.6 Å². The van der Waals surface area contributed by atoms with Gasteiger partial charge in [-0.05, 0) is 41.0 Å². The molecule has 3 rings (SSSR count). The van der Waals surface area contributed by atoms with E-state index in [0.717, 1.165) is 20.6 Å². The summed E-state index contributed by atoms with van der Waals surface area (Å²) in [7, 11) is -0.768. The summed E-state index contributed by atoms with van der Waals surface area (Å²) >= 11 is 0. The van der Waals surface area contributed by atoms with Crippen molar-refractivity contribution in [3.05, 3.63) is 71.8 Å². The van der Waals surface area contributed by atoms with Crippen LogP contribution in [0.4, 0.5) is 5.69 Å². The Labute approximate surface area is 181 Å². The van der Waals surface area contributed by atoms with E-state index in [1.807, 2.05) is 42.5 Å². The van der Waals surface area contributed by atoms with E-state index < -0.39 is 28.5 Å². The minimum Gasteiger partial charge on any atom is -0.455 e. The molecule has 3 aromatic rings. The molecule has 0 radical (unpaired) electrons. The van der Waals surface area contributed by atoms with Crippen molar-refractivity contribution < 1.29 is 22.7 Å². The molecule has 0 aliphatic heterocycles. The van der Waals surface area contributed by atoms with Gasteiger partial charge >= 0.3 is 5.97 Å². The van der Waals surface area contributed by atoms with Crippen LogP contribution in [0, 0.1) is 6.92 Å². The van der Waals surface area contributed by atoms with E-state index in [9.17, 15) is 18.0 Å². The zero-order chi connectivity index (χ0) is 22.6. The molecule has 31 heavy (non-hydrogen) atoms. The summed E-state index contributed by atoms with van der Waals surface area (Å²) in [5, 5.41) is 4.55. The quantitative estimate of drug-likeness (QED) is 0.570. The highest BCUT2D eigenvalue weighted by atomic mass is 32.2. The zero-order valence-electron chi connectivity index (χ0n) is 17.6. The van der Waals surface area contributed by atoms with E-state index in [0.29, 0.717) is 11.3 Å². The lowest BCUT2D eigenvalue weighted by molar-refractivity contribution is -0.146. The Morgan fingerprint density at radius 3 is 2.45 bits per heavy atom. The second kappa shape index (κ2) is 9.28. The largest absolute Gasteiger partial charge is 0.455 e. The number of anilines is 1. The Morgan fingerprint density at radius 1 is 1.00 bits per heavy atom. The van der Waals surface area contributed by atoms with Gasteiger partial charge in [0.1, 0.15) is 0 Å². The summed E-state index contributed by atoms with van der Waals surface area (Å²) in [5.41, 5.74) is 1.69. The highest BCUT2D eigenvalue weighted by molar-refractivity contribution is 7.89. The lowest BCUT2D eigenvalue weighted by Gasteiger charge is -2.15. The number of amides is 1. The molecular formula is C23H24N2O5S. The van der Waals surface area contributed by atoms with Crippen LogP contribution < -0.4 is 5.32 Å². The van der Waals surface area contributed by atoms with Gasteiger partial charge < -0.3 is 10.1 Å². The number of benzene rings is 3. The number of hydrogen-bond acceptors (Lipinski definition) is 5. The lowest BCUT2D eigenvalue weighted by Crippen LogP contribution is -2.24. The van der Waals surface area contributed by atoms with Crippen molar-refractivity contribution in [2.24, 2.45) is 0 Å². The van der Waals surface area contributed by atoms with Gasteiger partial charge in [-0.2, -0.15) is 0 Å². The summed E-state index contributed by atoms with van der Waals surface area (Å²) in [4.78, 5) is 24.5. The molecule has 0 saturated heterocycles. The Bertz CT molecular complexity index is 1230. The zero-order valence-corrected chi connectivity index (χ0v) is 18.4. The average molecular weight is 441 g/mol. The van der Waals surface area contributed by atoms with Gasteiger partial charge in [-0.1, -0.05) is 48.5 Å². The molecule has 7 nitrogen and oxygen atoms in total. The molecule has 1 N–H and O–H groups in total. The topological polar surface area (TPSA) is 92.8 Å². The van der Waals surface area contributed by atoms with Gasteiger partial charge in [-0.25, -0.2) is 12.7 Å². The van der Waals surface area contributed by atoms with Crippen molar-refractivity contribution in [3.63, 3.8) is 0 Å². The number of hydrogen-bond donors (Lipinski definition) is 1. The van der Waals surface area contributed by atoms with Crippen molar-refractivity contribution >= 4 is 38.4 Å². The number of rotatable bonds is 7. The van der Waals surface area contributed by atoms with Crippen LogP contribution in [0.5, 0.6) is 0 Å². The molecule has 0 saturated carbocycles. The Balaban J connectivity index is 1.62. The molecule has 3 aromatic carbocycles. The van der Waals surface area contributed by atoms with E-state index in [2.05, 4.69) is 5.32 Å². The molecule has 0 aliphatic carbocycles. The fourth-order valence-electron chi connectivity index (χ4n) is 3.15. The van der Waals surface area contributed by atoms with E-state index in [4.69, 9.17) is 4.74 Å². The molecule has 8 heteroatoms. The highest BCUT2D eigenvalue weighted by Crippen LogP contribution is 2.22. The average Bonchev–Trinajstić information content (AvgIpc) is 2.73. The van der Waals surface area contributed by atoms with Gasteiger partial charge in [-0.3, -0.25) is 9.59 Å². The van der Waals surface area contributed by atoms with Crippen LogP contribution in [-0.4, -0.2) is 45.3 Å². The van der Waals surface area contributed by atoms with Crippen LogP contribution >= 0.6 is 0 Å². The molecule has 0 fully saturated rings. The number of aryl methyl sites for hydroxylation is 1. The van der Waals surface area contributed by atoms with Crippen LogP contribution in [-0.2, 0) is 30.8 Å². The first kappa shape index (κ1) is 22.5.